The minimum absolute atomic E-state index is 0.0265. The number of hydrogen-bond donors (Lipinski definition) is 4. The first-order valence-electron chi connectivity index (χ1n) is 12.1. The van der Waals surface area contributed by atoms with E-state index in [0.717, 1.165) is 21.9 Å². The molecule has 0 aliphatic carbocycles. The molecule has 37 heavy (non-hydrogen) atoms. The van der Waals surface area contributed by atoms with Crippen molar-refractivity contribution in [3.63, 3.8) is 0 Å². The predicted octanol–water partition coefficient (Wildman–Crippen LogP) is 4.34. The molecule has 0 aliphatic rings. The molecule has 0 radical (unpaired) electrons. The highest BCUT2D eigenvalue weighted by molar-refractivity contribution is 6.00. The lowest BCUT2D eigenvalue weighted by Gasteiger charge is -2.18. The third-order valence-electron chi connectivity index (χ3n) is 6.24. The lowest BCUT2D eigenvalue weighted by molar-refractivity contribution is -0.117. The van der Waals surface area contributed by atoms with Gasteiger partial charge < -0.3 is 21.7 Å². The number of nitrogens with two attached hydrogens (primary N) is 1. The molecule has 0 saturated carbocycles. The van der Waals surface area contributed by atoms with Crippen LogP contribution in [-0.4, -0.2) is 30.3 Å². The first-order valence-corrected chi connectivity index (χ1v) is 12.1. The summed E-state index contributed by atoms with van der Waals surface area (Å²) in [5.41, 5.74) is 9.18. The molecule has 0 saturated heterocycles. The molecule has 0 aromatic heterocycles. The summed E-state index contributed by atoms with van der Waals surface area (Å²) in [6.45, 7) is 3.76. The number of amides is 3. The van der Waals surface area contributed by atoms with E-state index in [1.165, 1.54) is 0 Å². The number of hydrogen-bond acceptors (Lipinski definition) is 4. The van der Waals surface area contributed by atoms with Gasteiger partial charge in [-0.3, -0.25) is 14.4 Å². The Morgan fingerprint density at radius 3 is 2.32 bits per heavy atom. The van der Waals surface area contributed by atoms with Gasteiger partial charge in [-0.25, -0.2) is 0 Å². The minimum atomic E-state index is -0.961. The van der Waals surface area contributed by atoms with Gasteiger partial charge in [0, 0.05) is 23.4 Å². The molecule has 5 N–H and O–H groups in total. The van der Waals surface area contributed by atoms with Crippen LogP contribution in [0.25, 0.3) is 10.8 Å². The zero-order chi connectivity index (χ0) is 26.4. The molecule has 188 valence electrons. The second-order valence-corrected chi connectivity index (χ2v) is 8.97. The van der Waals surface area contributed by atoms with E-state index in [2.05, 4.69) is 16.0 Å². The molecule has 0 spiro atoms. The molecule has 3 amide bonds. The van der Waals surface area contributed by atoms with Crippen molar-refractivity contribution in [1.29, 1.82) is 0 Å². The zero-order valence-corrected chi connectivity index (χ0v) is 20.8. The number of carbonyl (C=O) groups excluding carboxylic acids is 3. The Kier molecular flexibility index (Phi) is 7.95. The van der Waals surface area contributed by atoms with Gasteiger partial charge in [0.15, 0.2) is 0 Å². The summed E-state index contributed by atoms with van der Waals surface area (Å²) in [6, 6.07) is 26.7. The lowest BCUT2D eigenvalue weighted by atomic mass is 9.99. The van der Waals surface area contributed by atoms with Gasteiger partial charge in [-0.15, -0.1) is 0 Å². The fourth-order valence-electron chi connectivity index (χ4n) is 4.15. The minimum Gasteiger partial charge on any atom is -0.350 e. The summed E-state index contributed by atoms with van der Waals surface area (Å²) in [4.78, 5) is 38.0. The normalized spacial score (nSPS) is 12.4. The fraction of sp³-hybridized carbons (Fsp3) is 0.167. The van der Waals surface area contributed by atoms with E-state index in [-0.39, 0.29) is 24.4 Å². The molecule has 7 heteroatoms. The van der Waals surface area contributed by atoms with Crippen LogP contribution in [-0.2, 0) is 4.79 Å². The number of rotatable bonds is 8. The van der Waals surface area contributed by atoms with Crippen molar-refractivity contribution in [2.24, 2.45) is 5.73 Å². The molecule has 0 fully saturated rings. The number of nitrogens with one attached hydrogen (secondary N) is 3. The van der Waals surface area contributed by atoms with Crippen LogP contribution in [0.15, 0.2) is 91.0 Å². The predicted molar refractivity (Wildman–Crippen MR) is 146 cm³/mol. The van der Waals surface area contributed by atoms with Crippen LogP contribution in [0.1, 0.15) is 44.8 Å². The number of aryl methyl sites for hydroxylation is 1. The van der Waals surface area contributed by atoms with Crippen molar-refractivity contribution in [1.82, 2.24) is 10.6 Å². The zero-order valence-electron chi connectivity index (χ0n) is 20.8. The molecule has 7 nitrogen and oxygen atoms in total. The highest BCUT2D eigenvalue weighted by atomic mass is 16.2. The summed E-state index contributed by atoms with van der Waals surface area (Å²) in [7, 11) is 0. The van der Waals surface area contributed by atoms with E-state index in [1.807, 2.05) is 62.4 Å². The summed E-state index contributed by atoms with van der Waals surface area (Å²) in [6.07, 6.45) is 0. The van der Waals surface area contributed by atoms with Crippen molar-refractivity contribution >= 4 is 34.2 Å². The monoisotopic (exact) mass is 494 g/mol. The fourth-order valence-corrected chi connectivity index (χ4v) is 4.15. The topological polar surface area (TPSA) is 113 Å². The van der Waals surface area contributed by atoms with Crippen molar-refractivity contribution in [3.8, 4) is 0 Å². The highest BCUT2D eigenvalue weighted by Crippen LogP contribution is 2.25. The van der Waals surface area contributed by atoms with E-state index in [1.54, 1.807) is 42.5 Å². The number of fused-ring (bicyclic) bond motifs is 1. The van der Waals surface area contributed by atoms with Gasteiger partial charge in [-0.1, -0.05) is 66.7 Å². The van der Waals surface area contributed by atoms with E-state index >= 15 is 0 Å². The maximum absolute atomic E-state index is 13.2. The van der Waals surface area contributed by atoms with Gasteiger partial charge in [0.1, 0.15) is 6.04 Å². The third-order valence-corrected chi connectivity index (χ3v) is 6.24. The molecule has 2 atom stereocenters. The first-order chi connectivity index (χ1) is 17.8. The molecular weight excluding hydrogens is 464 g/mol. The summed E-state index contributed by atoms with van der Waals surface area (Å²) in [5.74, 6) is -1.01. The molecule has 4 aromatic rings. The van der Waals surface area contributed by atoms with Crippen LogP contribution in [0.3, 0.4) is 0 Å². The molecule has 0 bridgehead atoms. The molecule has 0 aliphatic heterocycles. The Balaban J connectivity index is 1.40. The third kappa shape index (κ3) is 6.20. The van der Waals surface area contributed by atoms with Crippen LogP contribution >= 0.6 is 0 Å². The van der Waals surface area contributed by atoms with Gasteiger partial charge in [0.2, 0.25) is 5.91 Å². The Hall–Kier alpha value is -4.49. The Morgan fingerprint density at radius 2 is 1.54 bits per heavy atom. The highest BCUT2D eigenvalue weighted by Gasteiger charge is 2.18. The van der Waals surface area contributed by atoms with E-state index in [0.29, 0.717) is 16.8 Å². The second kappa shape index (κ2) is 11.5. The molecular formula is C30H30N4O3. The molecule has 4 aromatic carbocycles. The SMILES string of the molecule is Cc1ccc(NC(=O)[C@@H](N)CNC(=O)c2ccccc2)cc1C(=O)N[C@H](C)c1cccc2ccccc12. The Bertz CT molecular complexity index is 1430. The largest absolute Gasteiger partial charge is 0.350 e. The second-order valence-electron chi connectivity index (χ2n) is 8.97. The van der Waals surface area contributed by atoms with Crippen molar-refractivity contribution < 1.29 is 14.4 Å². The summed E-state index contributed by atoms with van der Waals surface area (Å²) < 4.78 is 0. The average molecular weight is 495 g/mol. The maximum atomic E-state index is 13.2. The van der Waals surface area contributed by atoms with Crippen molar-refractivity contribution in [3.05, 3.63) is 113 Å². The van der Waals surface area contributed by atoms with Crippen LogP contribution in [0.2, 0.25) is 0 Å². The smallest absolute Gasteiger partial charge is 0.252 e. The number of anilines is 1. The van der Waals surface area contributed by atoms with Crippen molar-refractivity contribution in [2.45, 2.75) is 25.9 Å². The van der Waals surface area contributed by atoms with Gasteiger partial charge in [0.25, 0.3) is 11.8 Å². The molecule has 0 heterocycles. The molecule has 4 rings (SSSR count). The summed E-state index contributed by atoms with van der Waals surface area (Å²) in [5, 5.41) is 10.7. The van der Waals surface area contributed by atoms with Gasteiger partial charge >= 0.3 is 0 Å². The first kappa shape index (κ1) is 25.6. The van der Waals surface area contributed by atoms with Gasteiger partial charge in [-0.05, 0) is 60.0 Å². The summed E-state index contributed by atoms with van der Waals surface area (Å²) >= 11 is 0. The lowest BCUT2D eigenvalue weighted by Crippen LogP contribution is -2.45. The van der Waals surface area contributed by atoms with Crippen LogP contribution in [0.4, 0.5) is 5.69 Å². The number of benzene rings is 4. The average Bonchev–Trinajstić information content (AvgIpc) is 2.92. The van der Waals surface area contributed by atoms with Gasteiger partial charge in [-0.2, -0.15) is 0 Å². The van der Waals surface area contributed by atoms with Crippen LogP contribution in [0.5, 0.6) is 0 Å². The molecule has 0 unspecified atom stereocenters. The van der Waals surface area contributed by atoms with E-state index in [9.17, 15) is 14.4 Å². The maximum Gasteiger partial charge on any atom is 0.252 e. The van der Waals surface area contributed by atoms with E-state index < -0.39 is 11.9 Å². The Labute approximate surface area is 216 Å². The van der Waals surface area contributed by atoms with Crippen LogP contribution < -0.4 is 21.7 Å². The van der Waals surface area contributed by atoms with Crippen LogP contribution in [0, 0.1) is 6.92 Å². The van der Waals surface area contributed by atoms with E-state index in [4.69, 9.17) is 5.73 Å². The standard InChI is InChI=1S/C30H30N4O3/c1-19-15-16-23(34-30(37)27(31)18-32-28(35)22-10-4-3-5-11-22)17-26(19)29(36)33-20(2)24-14-8-12-21-9-6-7-13-25(21)24/h3-17,20,27H,18,31H2,1-2H3,(H,32,35)(H,33,36)(H,34,37)/t20-,27+/m1/s1. The number of carbonyl (C=O) groups is 3. The van der Waals surface area contributed by atoms with Gasteiger partial charge in [0.05, 0.1) is 6.04 Å². The quantitative estimate of drug-likeness (QED) is 0.292. The Morgan fingerprint density at radius 1 is 0.838 bits per heavy atom. The van der Waals surface area contributed by atoms with Crippen molar-refractivity contribution in [2.75, 3.05) is 11.9 Å².